The van der Waals surface area contributed by atoms with Crippen LogP contribution >= 0.6 is 0 Å². The fourth-order valence-electron chi connectivity index (χ4n) is 2.41. The molecule has 116 valence electrons. The normalized spacial score (nSPS) is 10.2. The van der Waals surface area contributed by atoms with Crippen molar-refractivity contribution in [3.05, 3.63) is 34.4 Å². The summed E-state index contributed by atoms with van der Waals surface area (Å²) in [7, 11) is 0. The molecule has 0 fully saturated rings. The van der Waals surface area contributed by atoms with E-state index < -0.39 is 5.97 Å². The Balaban J connectivity index is 2.30. The van der Waals surface area contributed by atoms with Crippen molar-refractivity contribution in [3.63, 3.8) is 0 Å². The monoisotopic (exact) mass is 292 g/mol. The summed E-state index contributed by atoms with van der Waals surface area (Å²) in [6, 6.07) is 4.05. The lowest BCUT2D eigenvalue weighted by molar-refractivity contribution is -0.137. The van der Waals surface area contributed by atoms with E-state index in [-0.39, 0.29) is 12.5 Å². The van der Waals surface area contributed by atoms with Gasteiger partial charge in [0.05, 0.1) is 0 Å². The second kappa shape index (κ2) is 8.29. The maximum absolute atomic E-state index is 11.5. The Morgan fingerprint density at radius 3 is 2.19 bits per heavy atom. The van der Waals surface area contributed by atoms with Crippen molar-refractivity contribution < 1.29 is 14.7 Å². The number of amides is 2. The minimum absolute atomic E-state index is 0.0715. The van der Waals surface area contributed by atoms with E-state index in [4.69, 9.17) is 5.11 Å². The molecule has 0 radical (unpaired) electrons. The summed E-state index contributed by atoms with van der Waals surface area (Å²) in [5.41, 5.74) is 5.01. The van der Waals surface area contributed by atoms with Crippen LogP contribution < -0.4 is 10.6 Å². The van der Waals surface area contributed by atoms with Crippen LogP contribution in [0.1, 0.15) is 35.1 Å². The third kappa shape index (κ3) is 6.29. The van der Waals surface area contributed by atoms with Crippen molar-refractivity contribution in [3.8, 4) is 0 Å². The third-order valence-electron chi connectivity index (χ3n) is 3.35. The molecule has 0 bridgehead atoms. The molecule has 1 aromatic carbocycles. The number of carbonyl (C=O) groups excluding carboxylic acids is 1. The van der Waals surface area contributed by atoms with Crippen LogP contribution in [0, 0.1) is 20.8 Å². The van der Waals surface area contributed by atoms with Crippen LogP contribution in [0.4, 0.5) is 4.79 Å². The van der Waals surface area contributed by atoms with Gasteiger partial charge in [0, 0.05) is 19.5 Å². The highest BCUT2D eigenvalue weighted by Gasteiger charge is 2.05. The number of carboxylic acids is 1. The molecule has 0 saturated heterocycles. The van der Waals surface area contributed by atoms with Gasteiger partial charge in [-0.1, -0.05) is 17.7 Å². The lowest BCUT2D eigenvalue weighted by Gasteiger charge is -2.12. The number of aliphatic carboxylic acids is 1. The van der Waals surface area contributed by atoms with E-state index in [9.17, 15) is 9.59 Å². The molecule has 0 unspecified atom stereocenters. The second-order valence-electron chi connectivity index (χ2n) is 5.31. The van der Waals surface area contributed by atoms with Crippen molar-refractivity contribution in [2.24, 2.45) is 0 Å². The maximum atomic E-state index is 11.5. The molecule has 0 aliphatic rings. The first kappa shape index (κ1) is 17.0. The standard InChI is InChI=1S/C16H24N2O3/c1-11-9-12(2)14(13(3)10-11)6-8-18-16(21)17-7-4-5-15(19)20/h9-10H,4-8H2,1-3H3,(H,19,20)(H2,17,18,21). The summed E-state index contributed by atoms with van der Waals surface area (Å²) in [6.45, 7) is 7.19. The number of urea groups is 1. The fourth-order valence-corrected chi connectivity index (χ4v) is 2.41. The van der Waals surface area contributed by atoms with E-state index >= 15 is 0 Å². The number of hydrogen-bond donors (Lipinski definition) is 3. The maximum Gasteiger partial charge on any atom is 0.314 e. The van der Waals surface area contributed by atoms with E-state index in [0.29, 0.717) is 19.5 Å². The highest BCUT2D eigenvalue weighted by atomic mass is 16.4. The Bertz CT molecular complexity index is 489. The van der Waals surface area contributed by atoms with Crippen molar-refractivity contribution in [2.75, 3.05) is 13.1 Å². The zero-order chi connectivity index (χ0) is 15.8. The van der Waals surface area contributed by atoms with E-state index in [1.807, 2.05) is 0 Å². The zero-order valence-corrected chi connectivity index (χ0v) is 13.0. The largest absolute Gasteiger partial charge is 0.481 e. The topological polar surface area (TPSA) is 78.4 Å². The van der Waals surface area contributed by atoms with Gasteiger partial charge in [-0.15, -0.1) is 0 Å². The molecule has 0 atom stereocenters. The van der Waals surface area contributed by atoms with E-state index in [1.165, 1.54) is 22.3 Å². The summed E-state index contributed by atoms with van der Waals surface area (Å²) in [5, 5.41) is 13.9. The number of nitrogens with one attached hydrogen (secondary N) is 2. The van der Waals surface area contributed by atoms with Crippen LogP contribution in [0.15, 0.2) is 12.1 Å². The smallest absolute Gasteiger partial charge is 0.314 e. The molecule has 0 heterocycles. The van der Waals surface area contributed by atoms with Crippen molar-refractivity contribution in [1.82, 2.24) is 10.6 Å². The van der Waals surface area contributed by atoms with Gasteiger partial charge in [0.1, 0.15) is 0 Å². The van der Waals surface area contributed by atoms with Gasteiger partial charge < -0.3 is 15.7 Å². The van der Waals surface area contributed by atoms with Crippen LogP contribution in [-0.2, 0) is 11.2 Å². The number of rotatable bonds is 7. The van der Waals surface area contributed by atoms with Gasteiger partial charge in [-0.2, -0.15) is 0 Å². The Labute approximate surface area is 125 Å². The van der Waals surface area contributed by atoms with Crippen molar-refractivity contribution >= 4 is 12.0 Å². The van der Waals surface area contributed by atoms with E-state index in [1.54, 1.807) is 0 Å². The molecular weight excluding hydrogens is 268 g/mol. The average molecular weight is 292 g/mol. The zero-order valence-electron chi connectivity index (χ0n) is 13.0. The summed E-state index contributed by atoms with van der Waals surface area (Å²) >= 11 is 0. The van der Waals surface area contributed by atoms with Gasteiger partial charge >= 0.3 is 12.0 Å². The Morgan fingerprint density at radius 1 is 1.05 bits per heavy atom. The SMILES string of the molecule is Cc1cc(C)c(CCNC(=O)NCCCC(=O)O)c(C)c1. The minimum Gasteiger partial charge on any atom is -0.481 e. The molecule has 1 rings (SSSR count). The number of aryl methyl sites for hydroxylation is 3. The quantitative estimate of drug-likeness (QED) is 0.675. The van der Waals surface area contributed by atoms with Crippen LogP contribution in [0.25, 0.3) is 0 Å². The molecule has 2 amide bonds. The first-order chi connectivity index (χ1) is 9.90. The molecule has 21 heavy (non-hydrogen) atoms. The van der Waals surface area contributed by atoms with E-state index in [0.717, 1.165) is 6.42 Å². The minimum atomic E-state index is -0.845. The van der Waals surface area contributed by atoms with Crippen LogP contribution in [0.3, 0.4) is 0 Å². The lowest BCUT2D eigenvalue weighted by atomic mass is 9.97. The lowest BCUT2D eigenvalue weighted by Crippen LogP contribution is -2.37. The summed E-state index contributed by atoms with van der Waals surface area (Å²) in [5.74, 6) is -0.845. The van der Waals surface area contributed by atoms with Crippen LogP contribution in [0.2, 0.25) is 0 Å². The Morgan fingerprint density at radius 2 is 1.62 bits per heavy atom. The second-order valence-corrected chi connectivity index (χ2v) is 5.31. The third-order valence-corrected chi connectivity index (χ3v) is 3.35. The predicted molar refractivity (Wildman–Crippen MR) is 82.6 cm³/mol. The van der Waals surface area contributed by atoms with Crippen molar-refractivity contribution in [1.29, 1.82) is 0 Å². The van der Waals surface area contributed by atoms with Gasteiger partial charge in [-0.25, -0.2) is 4.79 Å². The Kier molecular flexibility index (Phi) is 6.72. The van der Waals surface area contributed by atoms with Crippen molar-refractivity contribution in [2.45, 2.75) is 40.0 Å². The number of benzene rings is 1. The molecule has 0 aliphatic carbocycles. The first-order valence-corrected chi connectivity index (χ1v) is 7.20. The van der Waals surface area contributed by atoms with Gasteiger partial charge in [0.2, 0.25) is 0 Å². The van der Waals surface area contributed by atoms with E-state index in [2.05, 4.69) is 43.5 Å². The number of hydrogen-bond acceptors (Lipinski definition) is 2. The molecule has 0 saturated carbocycles. The van der Waals surface area contributed by atoms with Gasteiger partial charge in [-0.3, -0.25) is 4.79 Å². The molecule has 1 aromatic rings. The first-order valence-electron chi connectivity index (χ1n) is 7.20. The molecule has 0 aliphatic heterocycles. The predicted octanol–water partition coefficient (Wildman–Crippen LogP) is 2.32. The molecule has 5 nitrogen and oxygen atoms in total. The summed E-state index contributed by atoms with van der Waals surface area (Å²) in [6.07, 6.45) is 1.31. The van der Waals surface area contributed by atoms with Crippen LogP contribution in [0.5, 0.6) is 0 Å². The molecular formula is C16H24N2O3. The van der Waals surface area contributed by atoms with Crippen LogP contribution in [-0.4, -0.2) is 30.2 Å². The highest BCUT2D eigenvalue weighted by Crippen LogP contribution is 2.16. The average Bonchev–Trinajstić information content (AvgIpc) is 2.37. The van der Waals surface area contributed by atoms with Gasteiger partial charge in [0.15, 0.2) is 0 Å². The van der Waals surface area contributed by atoms with Gasteiger partial charge in [-0.05, 0) is 50.3 Å². The molecule has 0 aromatic heterocycles. The summed E-state index contributed by atoms with van der Waals surface area (Å²) in [4.78, 5) is 21.9. The molecule has 5 heteroatoms. The number of carboxylic acid groups (broad SMARTS) is 1. The molecule has 0 spiro atoms. The summed E-state index contributed by atoms with van der Waals surface area (Å²) < 4.78 is 0. The highest BCUT2D eigenvalue weighted by molar-refractivity contribution is 5.73. The Hall–Kier alpha value is -2.04. The molecule has 3 N–H and O–H groups in total. The fraction of sp³-hybridized carbons (Fsp3) is 0.500. The number of carbonyl (C=O) groups is 2. The van der Waals surface area contributed by atoms with Gasteiger partial charge in [0.25, 0.3) is 0 Å².